The molecule has 0 bridgehead atoms. The van der Waals surface area contributed by atoms with E-state index in [2.05, 4.69) is 33.7 Å². The molecule has 1 unspecified atom stereocenters. The number of thiazole rings is 1. The number of benzene rings is 2. The maximum atomic E-state index is 14.6. The molecule has 0 radical (unpaired) electrons. The fourth-order valence-corrected chi connectivity index (χ4v) is 5.51. The third kappa shape index (κ3) is 5.08. The van der Waals surface area contributed by atoms with E-state index in [1.54, 1.807) is 0 Å². The van der Waals surface area contributed by atoms with Gasteiger partial charge in [0.2, 0.25) is 0 Å². The predicted octanol–water partition coefficient (Wildman–Crippen LogP) is 4.83. The van der Waals surface area contributed by atoms with Crippen LogP contribution in [0.4, 0.5) is 14.6 Å². The standard InChI is InChI=1S/C22H23F2N3O3S2/c1-15(16-5-3-2-4-6-16)27-9-7-17(8-10-27)30-18-11-19(23)22(20(24)12-18)32(28,29)26-21-13-31-14-25-21/h2-6,11-15,17,26H,7-10H2,1H3. The zero-order valence-corrected chi connectivity index (χ0v) is 19.0. The van der Waals surface area contributed by atoms with E-state index in [4.69, 9.17) is 4.74 Å². The highest BCUT2D eigenvalue weighted by Gasteiger charge is 2.28. The average molecular weight is 480 g/mol. The summed E-state index contributed by atoms with van der Waals surface area (Å²) < 4.78 is 61.8. The Morgan fingerprint density at radius 2 is 1.81 bits per heavy atom. The first-order valence-corrected chi connectivity index (χ1v) is 12.6. The maximum Gasteiger partial charge on any atom is 0.268 e. The van der Waals surface area contributed by atoms with Crippen molar-refractivity contribution in [2.75, 3.05) is 17.8 Å². The second kappa shape index (κ2) is 9.51. The Hall–Kier alpha value is -2.56. The zero-order chi connectivity index (χ0) is 22.7. The molecule has 170 valence electrons. The number of anilines is 1. The largest absolute Gasteiger partial charge is 0.490 e. The van der Waals surface area contributed by atoms with E-state index < -0.39 is 26.6 Å². The van der Waals surface area contributed by atoms with E-state index in [1.165, 1.54) is 16.5 Å². The number of likely N-dealkylation sites (tertiary alicyclic amines) is 1. The van der Waals surface area contributed by atoms with Gasteiger partial charge in [-0.15, -0.1) is 11.3 Å². The molecule has 1 atom stereocenters. The molecule has 0 aliphatic carbocycles. The Bertz CT molecular complexity index is 1130. The van der Waals surface area contributed by atoms with E-state index in [1.807, 2.05) is 18.2 Å². The fourth-order valence-electron chi connectivity index (χ4n) is 3.83. The van der Waals surface area contributed by atoms with Crippen molar-refractivity contribution in [2.45, 2.75) is 36.8 Å². The highest BCUT2D eigenvalue weighted by molar-refractivity contribution is 7.92. The molecule has 2 aromatic carbocycles. The van der Waals surface area contributed by atoms with Crippen LogP contribution in [0.15, 0.2) is 58.3 Å². The van der Waals surface area contributed by atoms with Gasteiger partial charge in [-0.1, -0.05) is 30.3 Å². The molecule has 32 heavy (non-hydrogen) atoms. The molecule has 10 heteroatoms. The first kappa shape index (κ1) is 22.6. The molecular formula is C22H23F2N3O3S2. The maximum absolute atomic E-state index is 14.6. The van der Waals surface area contributed by atoms with Crippen molar-refractivity contribution in [2.24, 2.45) is 0 Å². The van der Waals surface area contributed by atoms with Gasteiger partial charge in [-0.05, 0) is 25.3 Å². The van der Waals surface area contributed by atoms with E-state index >= 15 is 0 Å². The molecule has 2 heterocycles. The fraction of sp³-hybridized carbons (Fsp3) is 0.318. The Kier molecular flexibility index (Phi) is 6.73. The second-order valence-electron chi connectivity index (χ2n) is 7.64. The van der Waals surface area contributed by atoms with Gasteiger partial charge >= 0.3 is 0 Å². The van der Waals surface area contributed by atoms with Crippen LogP contribution in [0.5, 0.6) is 5.75 Å². The minimum absolute atomic E-state index is 0.00520. The number of nitrogens with one attached hydrogen (secondary N) is 1. The topological polar surface area (TPSA) is 71.5 Å². The predicted molar refractivity (Wildman–Crippen MR) is 119 cm³/mol. The molecule has 0 spiro atoms. The van der Waals surface area contributed by atoms with Crippen molar-refractivity contribution in [1.29, 1.82) is 0 Å². The van der Waals surface area contributed by atoms with Gasteiger partial charge in [0, 0.05) is 36.6 Å². The first-order chi connectivity index (χ1) is 15.3. The van der Waals surface area contributed by atoms with Crippen molar-refractivity contribution < 1.29 is 21.9 Å². The molecule has 1 aliphatic rings. The normalized spacial score (nSPS) is 16.6. The molecular weight excluding hydrogens is 456 g/mol. The molecule has 0 amide bonds. The summed E-state index contributed by atoms with van der Waals surface area (Å²) in [6.07, 6.45) is 1.20. The summed E-state index contributed by atoms with van der Waals surface area (Å²) in [5.41, 5.74) is 2.65. The number of rotatable bonds is 7. The van der Waals surface area contributed by atoms with Crippen LogP contribution in [0.1, 0.15) is 31.4 Å². The van der Waals surface area contributed by atoms with Gasteiger partial charge in [-0.25, -0.2) is 22.2 Å². The van der Waals surface area contributed by atoms with Crippen LogP contribution in [-0.4, -0.2) is 37.5 Å². The lowest BCUT2D eigenvalue weighted by molar-refractivity contribution is 0.0792. The van der Waals surface area contributed by atoms with E-state index in [0.717, 1.165) is 36.6 Å². The quantitative estimate of drug-likeness (QED) is 0.526. The Morgan fingerprint density at radius 3 is 2.41 bits per heavy atom. The van der Waals surface area contributed by atoms with Crippen LogP contribution in [0.25, 0.3) is 0 Å². The van der Waals surface area contributed by atoms with Gasteiger partial charge in [0.15, 0.2) is 10.7 Å². The van der Waals surface area contributed by atoms with Crippen LogP contribution in [0, 0.1) is 11.6 Å². The van der Waals surface area contributed by atoms with Crippen molar-refractivity contribution in [3.05, 3.63) is 70.6 Å². The Morgan fingerprint density at radius 1 is 1.16 bits per heavy atom. The lowest BCUT2D eigenvalue weighted by Crippen LogP contribution is -2.39. The monoisotopic (exact) mass is 479 g/mol. The summed E-state index contributed by atoms with van der Waals surface area (Å²) in [5.74, 6) is -2.44. The molecule has 6 nitrogen and oxygen atoms in total. The minimum atomic E-state index is -4.46. The number of hydrogen-bond acceptors (Lipinski definition) is 6. The van der Waals surface area contributed by atoms with Gasteiger partial charge in [-0.2, -0.15) is 0 Å². The van der Waals surface area contributed by atoms with Gasteiger partial charge in [0.1, 0.15) is 23.5 Å². The molecule has 1 saturated heterocycles. The third-order valence-corrected chi connectivity index (χ3v) is 7.51. The van der Waals surface area contributed by atoms with Crippen LogP contribution < -0.4 is 9.46 Å². The van der Waals surface area contributed by atoms with E-state index in [9.17, 15) is 17.2 Å². The lowest BCUT2D eigenvalue weighted by Gasteiger charge is -2.36. The Labute approximate surface area is 189 Å². The highest BCUT2D eigenvalue weighted by atomic mass is 32.2. The summed E-state index contributed by atoms with van der Waals surface area (Å²) in [6.45, 7) is 3.73. The third-order valence-electron chi connectivity index (χ3n) is 5.52. The van der Waals surface area contributed by atoms with Gasteiger partial charge in [-0.3, -0.25) is 9.62 Å². The van der Waals surface area contributed by atoms with Crippen LogP contribution in [0.3, 0.4) is 0 Å². The number of nitrogens with zero attached hydrogens (tertiary/aromatic N) is 2. The minimum Gasteiger partial charge on any atom is -0.490 e. The molecule has 1 fully saturated rings. The van der Waals surface area contributed by atoms with Crippen molar-refractivity contribution in [3.8, 4) is 5.75 Å². The summed E-state index contributed by atoms with van der Waals surface area (Å²) >= 11 is 1.16. The molecule has 1 N–H and O–H groups in total. The summed E-state index contributed by atoms with van der Waals surface area (Å²) in [7, 11) is -4.46. The van der Waals surface area contributed by atoms with Gasteiger partial charge < -0.3 is 4.74 Å². The van der Waals surface area contributed by atoms with Gasteiger partial charge in [0.05, 0.1) is 5.51 Å². The second-order valence-corrected chi connectivity index (χ2v) is 9.97. The van der Waals surface area contributed by atoms with Crippen LogP contribution >= 0.6 is 11.3 Å². The SMILES string of the molecule is CC(c1ccccc1)N1CCC(Oc2cc(F)c(S(=O)(=O)Nc3cscn3)c(F)c2)CC1. The molecule has 1 aliphatic heterocycles. The van der Waals surface area contributed by atoms with E-state index in [-0.39, 0.29) is 23.7 Å². The van der Waals surface area contributed by atoms with Crippen molar-refractivity contribution in [3.63, 3.8) is 0 Å². The molecule has 4 rings (SSSR count). The zero-order valence-electron chi connectivity index (χ0n) is 17.4. The van der Waals surface area contributed by atoms with Crippen LogP contribution in [-0.2, 0) is 10.0 Å². The summed E-state index contributed by atoms with van der Waals surface area (Å²) in [4.78, 5) is 5.07. The molecule has 3 aromatic rings. The smallest absolute Gasteiger partial charge is 0.268 e. The molecule has 1 aromatic heterocycles. The first-order valence-electron chi connectivity index (χ1n) is 10.2. The summed E-state index contributed by atoms with van der Waals surface area (Å²) in [6, 6.07) is 12.3. The number of piperidine rings is 1. The van der Waals surface area contributed by atoms with E-state index in [0.29, 0.717) is 12.8 Å². The van der Waals surface area contributed by atoms with Gasteiger partial charge in [0.25, 0.3) is 10.0 Å². The summed E-state index contributed by atoms with van der Waals surface area (Å²) in [5, 5.41) is 1.43. The van der Waals surface area contributed by atoms with Crippen LogP contribution in [0.2, 0.25) is 0 Å². The van der Waals surface area contributed by atoms with Crippen molar-refractivity contribution >= 4 is 27.2 Å². The number of hydrogen-bond donors (Lipinski definition) is 1. The van der Waals surface area contributed by atoms with Crippen molar-refractivity contribution in [1.82, 2.24) is 9.88 Å². The lowest BCUT2D eigenvalue weighted by atomic mass is 10.0. The Balaban J connectivity index is 1.40. The number of halogens is 2. The highest BCUT2D eigenvalue weighted by Crippen LogP contribution is 2.30. The number of aromatic nitrogens is 1. The molecule has 0 saturated carbocycles. The average Bonchev–Trinajstić information content (AvgIpc) is 3.26. The number of ether oxygens (including phenoxy) is 1. The number of sulfonamides is 1.